The minimum absolute atomic E-state index is 1.07. The van der Waals surface area contributed by atoms with Crippen molar-refractivity contribution >= 4 is 5.97 Å². The van der Waals surface area contributed by atoms with Crippen molar-refractivity contribution in [2.24, 2.45) is 11.0 Å². The number of carboxylic acids is 1. The van der Waals surface area contributed by atoms with E-state index in [1.807, 2.05) is 0 Å². The molecule has 0 aromatic rings. The standard InChI is InChI=1S/C6H8F3N3O2/c1-3(2-6(7,8)9)4(5(13)14)11-12-10/h3-4H,2H2,1H3,(H,13,14)/t3-,4?/m1/s1. The monoisotopic (exact) mass is 211 g/mol. The van der Waals surface area contributed by atoms with Gasteiger partial charge in [-0.25, -0.2) is 0 Å². The molecule has 1 N–H and O–H groups in total. The molecule has 0 saturated carbocycles. The van der Waals surface area contributed by atoms with Crippen molar-refractivity contribution in [2.45, 2.75) is 25.6 Å². The third kappa shape index (κ3) is 4.56. The Bertz CT molecular complexity index is 258. The minimum atomic E-state index is -4.46. The number of azide groups is 1. The lowest BCUT2D eigenvalue weighted by molar-refractivity contribution is -0.151. The predicted octanol–water partition coefficient (Wildman–Crippen LogP) is 2.34. The summed E-state index contributed by atoms with van der Waals surface area (Å²) in [5.41, 5.74) is 7.95. The zero-order valence-corrected chi connectivity index (χ0v) is 7.19. The lowest BCUT2D eigenvalue weighted by atomic mass is 9.99. The van der Waals surface area contributed by atoms with E-state index >= 15 is 0 Å². The Morgan fingerprint density at radius 2 is 2.14 bits per heavy atom. The maximum Gasteiger partial charge on any atom is 0.389 e. The van der Waals surface area contributed by atoms with Crippen LogP contribution in [-0.2, 0) is 4.79 Å². The van der Waals surface area contributed by atoms with Crippen LogP contribution in [0, 0.1) is 5.92 Å². The van der Waals surface area contributed by atoms with E-state index in [-0.39, 0.29) is 0 Å². The lowest BCUT2D eigenvalue weighted by Crippen LogP contribution is -2.29. The van der Waals surface area contributed by atoms with Crippen LogP contribution in [0.5, 0.6) is 0 Å². The van der Waals surface area contributed by atoms with Crippen LogP contribution < -0.4 is 0 Å². The maximum absolute atomic E-state index is 11.8. The molecule has 0 aromatic heterocycles. The fourth-order valence-corrected chi connectivity index (χ4v) is 0.939. The fourth-order valence-electron chi connectivity index (χ4n) is 0.939. The number of carboxylic acid groups (broad SMARTS) is 1. The smallest absolute Gasteiger partial charge is 0.389 e. The molecule has 0 spiro atoms. The SMILES string of the molecule is C[C@H](CC(F)(F)F)C(N=[N+]=[N-])C(=O)O. The quantitative estimate of drug-likeness (QED) is 0.439. The Labute approximate surface area is 77.2 Å². The van der Waals surface area contributed by atoms with Crippen molar-refractivity contribution in [3.8, 4) is 0 Å². The van der Waals surface area contributed by atoms with Gasteiger partial charge in [0.2, 0.25) is 0 Å². The Morgan fingerprint density at radius 3 is 2.43 bits per heavy atom. The van der Waals surface area contributed by atoms with Gasteiger partial charge in [-0.05, 0) is 11.4 Å². The van der Waals surface area contributed by atoms with Gasteiger partial charge < -0.3 is 5.11 Å². The normalized spacial score (nSPS) is 15.4. The van der Waals surface area contributed by atoms with Gasteiger partial charge in [-0.2, -0.15) is 13.2 Å². The molecule has 14 heavy (non-hydrogen) atoms. The number of nitrogens with zero attached hydrogens (tertiary/aromatic N) is 3. The molecule has 2 atom stereocenters. The number of hydrogen-bond donors (Lipinski definition) is 1. The Morgan fingerprint density at radius 1 is 1.64 bits per heavy atom. The highest BCUT2D eigenvalue weighted by Gasteiger charge is 2.35. The Hall–Kier alpha value is -1.43. The van der Waals surface area contributed by atoms with E-state index in [0.717, 1.165) is 6.92 Å². The van der Waals surface area contributed by atoms with Crippen LogP contribution in [0.25, 0.3) is 10.4 Å². The first-order valence-corrected chi connectivity index (χ1v) is 3.61. The second-order valence-electron chi connectivity index (χ2n) is 2.78. The summed E-state index contributed by atoms with van der Waals surface area (Å²) < 4.78 is 35.5. The van der Waals surface area contributed by atoms with Gasteiger partial charge in [0.15, 0.2) is 0 Å². The van der Waals surface area contributed by atoms with Gasteiger partial charge in [-0.1, -0.05) is 12.0 Å². The first kappa shape index (κ1) is 12.6. The van der Waals surface area contributed by atoms with E-state index in [2.05, 4.69) is 10.0 Å². The molecule has 0 heterocycles. The van der Waals surface area contributed by atoms with E-state index in [9.17, 15) is 18.0 Å². The van der Waals surface area contributed by atoms with Gasteiger partial charge in [0, 0.05) is 11.3 Å². The summed E-state index contributed by atoms with van der Waals surface area (Å²) in [6, 6.07) is -1.68. The van der Waals surface area contributed by atoms with Crippen molar-refractivity contribution in [3.63, 3.8) is 0 Å². The van der Waals surface area contributed by atoms with Crippen LogP contribution in [0.3, 0.4) is 0 Å². The zero-order chi connectivity index (χ0) is 11.4. The van der Waals surface area contributed by atoms with Gasteiger partial charge >= 0.3 is 12.1 Å². The van der Waals surface area contributed by atoms with Crippen LogP contribution in [0.4, 0.5) is 13.2 Å². The van der Waals surface area contributed by atoms with E-state index in [1.165, 1.54) is 0 Å². The molecule has 0 aliphatic carbocycles. The largest absolute Gasteiger partial charge is 0.481 e. The highest BCUT2D eigenvalue weighted by molar-refractivity contribution is 5.73. The second-order valence-corrected chi connectivity index (χ2v) is 2.78. The average Bonchev–Trinajstić information content (AvgIpc) is 1.95. The molecule has 0 fully saturated rings. The van der Waals surface area contributed by atoms with E-state index in [4.69, 9.17) is 10.6 Å². The molecule has 0 bridgehead atoms. The molecule has 0 rings (SSSR count). The van der Waals surface area contributed by atoms with Crippen LogP contribution in [0.2, 0.25) is 0 Å². The van der Waals surface area contributed by atoms with Gasteiger partial charge in [-0.15, -0.1) is 0 Å². The number of alkyl halides is 3. The van der Waals surface area contributed by atoms with Crippen molar-refractivity contribution in [1.29, 1.82) is 0 Å². The van der Waals surface area contributed by atoms with Crippen molar-refractivity contribution < 1.29 is 23.1 Å². The summed E-state index contributed by atoms with van der Waals surface area (Å²) in [5, 5.41) is 11.2. The minimum Gasteiger partial charge on any atom is -0.481 e. The molecule has 0 saturated heterocycles. The molecule has 0 aromatic carbocycles. The molecule has 8 heteroatoms. The van der Waals surface area contributed by atoms with Gasteiger partial charge in [0.05, 0.1) is 0 Å². The van der Waals surface area contributed by atoms with E-state index in [1.54, 1.807) is 0 Å². The number of carbonyl (C=O) groups is 1. The third-order valence-corrected chi connectivity index (χ3v) is 1.52. The van der Waals surface area contributed by atoms with Crippen LogP contribution >= 0.6 is 0 Å². The molecule has 5 nitrogen and oxygen atoms in total. The fraction of sp³-hybridized carbons (Fsp3) is 0.833. The third-order valence-electron chi connectivity index (χ3n) is 1.52. The van der Waals surface area contributed by atoms with Crippen LogP contribution in [0.15, 0.2) is 5.11 Å². The molecular weight excluding hydrogens is 203 g/mol. The molecule has 80 valence electrons. The Balaban J connectivity index is 4.53. The second kappa shape index (κ2) is 4.71. The van der Waals surface area contributed by atoms with Gasteiger partial charge in [0.1, 0.15) is 6.04 Å². The molecule has 0 radical (unpaired) electrons. The number of hydrogen-bond acceptors (Lipinski definition) is 2. The van der Waals surface area contributed by atoms with E-state index in [0.29, 0.717) is 0 Å². The van der Waals surface area contributed by atoms with E-state index < -0.39 is 30.5 Å². The number of rotatable bonds is 4. The topological polar surface area (TPSA) is 86.1 Å². The predicted molar refractivity (Wildman–Crippen MR) is 40.4 cm³/mol. The molecule has 0 aliphatic rings. The summed E-state index contributed by atoms with van der Waals surface area (Å²) in [6.07, 6.45) is -5.75. The molecule has 0 aliphatic heterocycles. The lowest BCUT2D eigenvalue weighted by Gasteiger charge is -2.16. The molecule has 1 unspecified atom stereocenters. The first-order chi connectivity index (χ1) is 6.28. The summed E-state index contributed by atoms with van der Waals surface area (Å²) in [7, 11) is 0. The number of halogens is 3. The highest BCUT2D eigenvalue weighted by Crippen LogP contribution is 2.27. The summed E-state index contributed by atoms with van der Waals surface area (Å²) in [5.74, 6) is -2.83. The molecule has 0 amide bonds. The summed E-state index contributed by atoms with van der Waals surface area (Å²) in [4.78, 5) is 12.6. The first-order valence-electron chi connectivity index (χ1n) is 3.61. The van der Waals surface area contributed by atoms with Crippen molar-refractivity contribution in [2.75, 3.05) is 0 Å². The molecular formula is C6H8F3N3O2. The van der Waals surface area contributed by atoms with Crippen molar-refractivity contribution in [1.82, 2.24) is 0 Å². The summed E-state index contributed by atoms with van der Waals surface area (Å²) >= 11 is 0. The van der Waals surface area contributed by atoms with Crippen molar-refractivity contribution in [3.05, 3.63) is 10.4 Å². The Kier molecular flexibility index (Phi) is 4.23. The highest BCUT2D eigenvalue weighted by atomic mass is 19.4. The van der Waals surface area contributed by atoms with Crippen LogP contribution in [-0.4, -0.2) is 23.3 Å². The van der Waals surface area contributed by atoms with Crippen LogP contribution in [0.1, 0.15) is 13.3 Å². The van der Waals surface area contributed by atoms with Gasteiger partial charge in [0.25, 0.3) is 0 Å². The average molecular weight is 211 g/mol. The summed E-state index contributed by atoms with van der Waals surface area (Å²) in [6.45, 7) is 1.07. The maximum atomic E-state index is 11.8. The number of aliphatic carboxylic acids is 1. The van der Waals surface area contributed by atoms with Gasteiger partial charge in [-0.3, -0.25) is 4.79 Å². The zero-order valence-electron chi connectivity index (χ0n) is 7.19.